The molecule has 0 spiro atoms. The van der Waals surface area contributed by atoms with Crippen LogP contribution in [0.15, 0.2) is 22.7 Å². The molecule has 1 N–H and O–H groups in total. The van der Waals surface area contributed by atoms with Crippen LogP contribution in [0.25, 0.3) is 0 Å². The molecule has 1 saturated heterocycles. The van der Waals surface area contributed by atoms with Gasteiger partial charge in [-0.05, 0) is 38.8 Å². The summed E-state index contributed by atoms with van der Waals surface area (Å²) < 4.78 is 15.9. The first-order valence-electron chi connectivity index (χ1n) is 9.42. The second-order valence-electron chi connectivity index (χ2n) is 7.16. The number of aryl methyl sites for hydroxylation is 2. The molecule has 4 rings (SSSR count). The molecule has 8 nitrogen and oxygen atoms in total. The molecule has 3 heterocycles. The summed E-state index contributed by atoms with van der Waals surface area (Å²) in [4.78, 5) is 27.1. The van der Waals surface area contributed by atoms with E-state index in [0.717, 1.165) is 17.0 Å². The predicted octanol–water partition coefficient (Wildman–Crippen LogP) is 2.33. The van der Waals surface area contributed by atoms with Gasteiger partial charge in [-0.25, -0.2) is 0 Å². The summed E-state index contributed by atoms with van der Waals surface area (Å²) in [7, 11) is 0. The number of nitrogens with zero attached hydrogens (tertiary/aromatic N) is 2. The van der Waals surface area contributed by atoms with Crippen LogP contribution in [0, 0.1) is 13.8 Å². The van der Waals surface area contributed by atoms with Gasteiger partial charge in [0.05, 0.1) is 17.8 Å². The number of para-hydroxylation sites is 1. The molecule has 1 aromatic carbocycles. The van der Waals surface area contributed by atoms with Gasteiger partial charge in [-0.3, -0.25) is 9.59 Å². The maximum Gasteiger partial charge on any atom is 0.255 e. The third-order valence-electron chi connectivity index (χ3n) is 5.31. The highest BCUT2D eigenvalue weighted by atomic mass is 16.7. The minimum Gasteiger partial charge on any atom is -0.454 e. The predicted molar refractivity (Wildman–Crippen MR) is 99.1 cm³/mol. The standard InChI is InChI=1S/C20H23N3O5/c1-12-16(13(2)28-22-12)10-23-9-8-14(6-7-18(23)24)21-20(25)15-4-3-5-17-19(15)27-11-26-17/h3-5,14H,6-11H2,1-2H3,(H,21,25). The number of hydrogen-bond acceptors (Lipinski definition) is 6. The molecule has 8 heteroatoms. The molecule has 0 radical (unpaired) electrons. The molecule has 0 bridgehead atoms. The summed E-state index contributed by atoms with van der Waals surface area (Å²) in [6.45, 7) is 4.90. The molecule has 2 aromatic rings. The van der Waals surface area contributed by atoms with Crippen molar-refractivity contribution in [1.29, 1.82) is 0 Å². The van der Waals surface area contributed by atoms with Gasteiger partial charge in [0.25, 0.3) is 5.91 Å². The highest BCUT2D eigenvalue weighted by Crippen LogP contribution is 2.35. The van der Waals surface area contributed by atoms with Crippen molar-refractivity contribution < 1.29 is 23.6 Å². The van der Waals surface area contributed by atoms with E-state index in [9.17, 15) is 9.59 Å². The van der Waals surface area contributed by atoms with Gasteiger partial charge in [0.2, 0.25) is 12.7 Å². The molecule has 1 unspecified atom stereocenters. The monoisotopic (exact) mass is 385 g/mol. The minimum atomic E-state index is -0.209. The molecular formula is C20H23N3O5. The van der Waals surface area contributed by atoms with Crippen LogP contribution in [0.5, 0.6) is 11.5 Å². The Kier molecular flexibility index (Phi) is 4.93. The zero-order chi connectivity index (χ0) is 19.7. The van der Waals surface area contributed by atoms with Crippen molar-refractivity contribution in [3.05, 3.63) is 40.8 Å². The third-order valence-corrected chi connectivity index (χ3v) is 5.31. The van der Waals surface area contributed by atoms with E-state index in [1.165, 1.54) is 0 Å². The van der Waals surface area contributed by atoms with Crippen LogP contribution < -0.4 is 14.8 Å². The molecule has 0 saturated carbocycles. The Bertz CT molecular complexity index is 888. The van der Waals surface area contributed by atoms with Crippen molar-refractivity contribution in [3.8, 4) is 11.5 Å². The van der Waals surface area contributed by atoms with Crippen molar-refractivity contribution in [2.75, 3.05) is 13.3 Å². The average Bonchev–Trinajstić information content (AvgIpc) is 3.24. The van der Waals surface area contributed by atoms with Crippen LogP contribution in [-0.2, 0) is 11.3 Å². The van der Waals surface area contributed by atoms with E-state index in [0.29, 0.717) is 49.4 Å². The summed E-state index contributed by atoms with van der Waals surface area (Å²) in [6.07, 6.45) is 1.68. The van der Waals surface area contributed by atoms with Crippen LogP contribution in [-0.4, -0.2) is 41.3 Å². The Hall–Kier alpha value is -3.03. The van der Waals surface area contributed by atoms with Gasteiger partial charge in [0.15, 0.2) is 11.5 Å². The number of carbonyl (C=O) groups excluding carboxylic acids is 2. The van der Waals surface area contributed by atoms with Crippen LogP contribution in [0.3, 0.4) is 0 Å². The lowest BCUT2D eigenvalue weighted by molar-refractivity contribution is -0.131. The third kappa shape index (κ3) is 3.54. The Morgan fingerprint density at radius 3 is 2.93 bits per heavy atom. The normalized spacial score (nSPS) is 18.9. The summed E-state index contributed by atoms with van der Waals surface area (Å²) in [5.41, 5.74) is 2.21. The fourth-order valence-corrected chi connectivity index (χ4v) is 3.64. The van der Waals surface area contributed by atoms with Crippen molar-refractivity contribution in [2.24, 2.45) is 0 Å². The minimum absolute atomic E-state index is 0.0779. The van der Waals surface area contributed by atoms with E-state index < -0.39 is 0 Å². The maximum absolute atomic E-state index is 12.7. The van der Waals surface area contributed by atoms with Crippen LogP contribution in [0.1, 0.15) is 46.6 Å². The van der Waals surface area contributed by atoms with Crippen LogP contribution in [0.2, 0.25) is 0 Å². The summed E-state index contributed by atoms with van der Waals surface area (Å²) in [5, 5.41) is 7.00. The summed E-state index contributed by atoms with van der Waals surface area (Å²) >= 11 is 0. The zero-order valence-electron chi connectivity index (χ0n) is 16.0. The number of hydrogen-bond donors (Lipinski definition) is 1. The molecule has 0 aliphatic carbocycles. The number of likely N-dealkylation sites (tertiary alicyclic amines) is 1. The molecule has 1 atom stereocenters. The number of ether oxygens (including phenoxy) is 2. The molecule has 148 valence electrons. The fourth-order valence-electron chi connectivity index (χ4n) is 3.64. The van der Waals surface area contributed by atoms with Gasteiger partial charge in [-0.2, -0.15) is 0 Å². The lowest BCUT2D eigenvalue weighted by atomic mass is 10.1. The average molecular weight is 385 g/mol. The van der Waals surface area contributed by atoms with E-state index in [-0.39, 0.29) is 24.6 Å². The largest absolute Gasteiger partial charge is 0.454 e. The smallest absolute Gasteiger partial charge is 0.255 e. The first kappa shape index (κ1) is 18.3. The van der Waals surface area contributed by atoms with E-state index >= 15 is 0 Å². The number of fused-ring (bicyclic) bond motifs is 1. The maximum atomic E-state index is 12.7. The first-order valence-corrected chi connectivity index (χ1v) is 9.42. The number of carbonyl (C=O) groups is 2. The summed E-state index contributed by atoms with van der Waals surface area (Å²) in [5.74, 6) is 1.66. The Labute approximate surface area is 162 Å². The number of nitrogens with one attached hydrogen (secondary N) is 1. The highest BCUT2D eigenvalue weighted by Gasteiger charge is 2.27. The fraction of sp³-hybridized carbons (Fsp3) is 0.450. The van der Waals surface area contributed by atoms with Gasteiger partial charge < -0.3 is 24.2 Å². The van der Waals surface area contributed by atoms with E-state index in [1.54, 1.807) is 18.2 Å². The van der Waals surface area contributed by atoms with Crippen molar-refractivity contribution in [2.45, 2.75) is 45.7 Å². The SMILES string of the molecule is Cc1noc(C)c1CN1CCC(NC(=O)c2cccc3c2OCO3)CCC1=O. The van der Waals surface area contributed by atoms with Crippen molar-refractivity contribution in [3.63, 3.8) is 0 Å². The number of rotatable bonds is 4. The topological polar surface area (TPSA) is 93.9 Å². The number of aromatic nitrogens is 1. The molecule has 1 aromatic heterocycles. The molecule has 2 amide bonds. The van der Waals surface area contributed by atoms with Gasteiger partial charge in [0.1, 0.15) is 5.76 Å². The Balaban J connectivity index is 1.41. The zero-order valence-corrected chi connectivity index (χ0v) is 16.0. The summed E-state index contributed by atoms with van der Waals surface area (Å²) in [6, 6.07) is 5.18. The second-order valence-corrected chi connectivity index (χ2v) is 7.16. The van der Waals surface area contributed by atoms with Crippen LogP contribution in [0.4, 0.5) is 0 Å². The molecule has 28 heavy (non-hydrogen) atoms. The van der Waals surface area contributed by atoms with E-state index in [4.69, 9.17) is 14.0 Å². The lowest BCUT2D eigenvalue weighted by Crippen LogP contribution is -2.36. The number of benzene rings is 1. The molecular weight excluding hydrogens is 362 g/mol. The molecule has 1 fully saturated rings. The van der Waals surface area contributed by atoms with E-state index in [2.05, 4.69) is 10.5 Å². The lowest BCUT2D eigenvalue weighted by Gasteiger charge is -2.21. The first-order chi connectivity index (χ1) is 13.5. The Morgan fingerprint density at radius 2 is 2.14 bits per heavy atom. The second kappa shape index (κ2) is 7.53. The number of amides is 2. The van der Waals surface area contributed by atoms with Gasteiger partial charge >= 0.3 is 0 Å². The van der Waals surface area contributed by atoms with Crippen molar-refractivity contribution in [1.82, 2.24) is 15.4 Å². The van der Waals surface area contributed by atoms with Gasteiger partial charge in [-0.1, -0.05) is 11.2 Å². The van der Waals surface area contributed by atoms with Crippen LogP contribution >= 0.6 is 0 Å². The van der Waals surface area contributed by atoms with Gasteiger partial charge in [0, 0.05) is 24.6 Å². The van der Waals surface area contributed by atoms with Crippen molar-refractivity contribution >= 4 is 11.8 Å². The Morgan fingerprint density at radius 1 is 1.29 bits per heavy atom. The van der Waals surface area contributed by atoms with E-state index in [1.807, 2.05) is 18.7 Å². The highest BCUT2D eigenvalue weighted by molar-refractivity contribution is 5.98. The molecule has 2 aliphatic heterocycles. The molecule has 2 aliphatic rings. The van der Waals surface area contributed by atoms with Gasteiger partial charge in [-0.15, -0.1) is 0 Å². The quantitative estimate of drug-likeness (QED) is 0.868.